The Morgan fingerprint density at radius 1 is 1.05 bits per heavy atom. The average molecular weight is 283 g/mol. The minimum absolute atomic E-state index is 0.0521. The lowest BCUT2D eigenvalue weighted by molar-refractivity contribution is -0.120. The van der Waals surface area contributed by atoms with Crippen LogP contribution in [-0.4, -0.2) is 19.6 Å². The Morgan fingerprint density at radius 2 is 1.81 bits per heavy atom. The predicted octanol–water partition coefficient (Wildman–Crippen LogP) is 2.99. The largest absolute Gasteiger partial charge is 0.497 e. The minimum Gasteiger partial charge on any atom is -0.497 e. The summed E-state index contributed by atoms with van der Waals surface area (Å²) in [5.41, 5.74) is 2.27. The molecule has 3 nitrogen and oxygen atoms in total. The molecule has 21 heavy (non-hydrogen) atoms. The van der Waals surface area contributed by atoms with E-state index in [4.69, 9.17) is 4.74 Å². The van der Waals surface area contributed by atoms with Gasteiger partial charge in [0.2, 0.25) is 5.91 Å². The number of carbonyl (C=O) groups is 1. The second kappa shape index (κ2) is 8.10. The highest BCUT2D eigenvalue weighted by atomic mass is 16.5. The molecule has 0 aromatic heterocycles. The van der Waals surface area contributed by atoms with E-state index in [9.17, 15) is 4.79 Å². The quantitative estimate of drug-likeness (QED) is 0.793. The third-order valence-electron chi connectivity index (χ3n) is 3.31. The van der Waals surface area contributed by atoms with Crippen LogP contribution < -0.4 is 10.1 Å². The average Bonchev–Trinajstić information content (AvgIpc) is 2.53. The van der Waals surface area contributed by atoms with Crippen LogP contribution in [0.4, 0.5) is 0 Å². The van der Waals surface area contributed by atoms with Crippen molar-refractivity contribution >= 4 is 5.91 Å². The first-order valence-electron chi connectivity index (χ1n) is 7.21. The van der Waals surface area contributed by atoms with Gasteiger partial charge in [0.25, 0.3) is 0 Å². The number of ether oxygens (including phenoxy) is 1. The lowest BCUT2D eigenvalue weighted by Gasteiger charge is -2.07. The normalized spacial score (nSPS) is 10.1. The summed E-state index contributed by atoms with van der Waals surface area (Å²) in [6.45, 7) is 0.706. The van der Waals surface area contributed by atoms with Crippen LogP contribution in [0.5, 0.6) is 5.75 Å². The van der Waals surface area contributed by atoms with Crippen molar-refractivity contribution in [3.05, 3.63) is 65.7 Å². The number of amides is 1. The fourth-order valence-electron chi connectivity index (χ4n) is 2.20. The monoisotopic (exact) mass is 283 g/mol. The zero-order valence-electron chi connectivity index (χ0n) is 12.3. The molecule has 1 amide bonds. The van der Waals surface area contributed by atoms with Gasteiger partial charge >= 0.3 is 0 Å². The molecule has 0 atom stereocenters. The van der Waals surface area contributed by atoms with Crippen LogP contribution >= 0.6 is 0 Å². The number of aryl methyl sites for hydroxylation is 1. The molecule has 0 unspecified atom stereocenters. The Balaban J connectivity index is 1.70. The van der Waals surface area contributed by atoms with Gasteiger partial charge in [-0.15, -0.1) is 0 Å². The van der Waals surface area contributed by atoms with E-state index in [1.165, 1.54) is 5.56 Å². The second-order valence-electron chi connectivity index (χ2n) is 4.97. The molecule has 1 N–H and O–H groups in total. The Hall–Kier alpha value is -2.29. The van der Waals surface area contributed by atoms with Gasteiger partial charge in [0.15, 0.2) is 0 Å². The molecule has 0 radical (unpaired) electrons. The van der Waals surface area contributed by atoms with Crippen molar-refractivity contribution in [2.75, 3.05) is 13.7 Å². The van der Waals surface area contributed by atoms with Crippen LogP contribution in [0.1, 0.15) is 17.5 Å². The van der Waals surface area contributed by atoms with Gasteiger partial charge in [0, 0.05) is 6.54 Å². The molecule has 2 rings (SSSR count). The van der Waals surface area contributed by atoms with Crippen molar-refractivity contribution in [2.45, 2.75) is 19.3 Å². The van der Waals surface area contributed by atoms with Crippen LogP contribution in [0.15, 0.2) is 54.6 Å². The number of carbonyl (C=O) groups excluding carboxylic acids is 1. The summed E-state index contributed by atoms with van der Waals surface area (Å²) in [6.07, 6.45) is 2.33. The number of hydrogen-bond donors (Lipinski definition) is 1. The van der Waals surface area contributed by atoms with E-state index in [-0.39, 0.29) is 5.91 Å². The number of methoxy groups -OCH3 is 1. The maximum Gasteiger partial charge on any atom is 0.224 e. The van der Waals surface area contributed by atoms with Crippen LogP contribution in [0.25, 0.3) is 0 Å². The molecule has 0 spiro atoms. The first-order valence-corrected chi connectivity index (χ1v) is 7.21. The van der Waals surface area contributed by atoms with Crippen molar-refractivity contribution in [2.24, 2.45) is 0 Å². The van der Waals surface area contributed by atoms with Crippen LogP contribution in [-0.2, 0) is 17.6 Å². The minimum atomic E-state index is 0.0521. The van der Waals surface area contributed by atoms with Crippen LogP contribution in [0, 0.1) is 0 Å². The first-order chi connectivity index (χ1) is 10.3. The fraction of sp³-hybridized carbons (Fsp3) is 0.278. The maximum absolute atomic E-state index is 11.9. The van der Waals surface area contributed by atoms with E-state index < -0.39 is 0 Å². The predicted molar refractivity (Wildman–Crippen MR) is 84.5 cm³/mol. The zero-order chi connectivity index (χ0) is 14.9. The Morgan fingerprint density at radius 3 is 2.57 bits per heavy atom. The molecule has 2 aromatic rings. The van der Waals surface area contributed by atoms with E-state index in [1.807, 2.05) is 42.5 Å². The summed E-state index contributed by atoms with van der Waals surface area (Å²) in [5.74, 6) is 0.834. The van der Waals surface area contributed by atoms with Gasteiger partial charge in [-0.05, 0) is 36.1 Å². The number of nitrogens with one attached hydrogen (secondary N) is 1. The first kappa shape index (κ1) is 15.1. The molecule has 0 saturated carbocycles. The van der Waals surface area contributed by atoms with E-state index in [2.05, 4.69) is 17.4 Å². The number of hydrogen-bond acceptors (Lipinski definition) is 2. The van der Waals surface area contributed by atoms with E-state index in [1.54, 1.807) is 7.11 Å². The van der Waals surface area contributed by atoms with Gasteiger partial charge in [-0.25, -0.2) is 0 Å². The number of rotatable bonds is 7. The summed E-state index contributed by atoms with van der Waals surface area (Å²) >= 11 is 0. The molecular weight excluding hydrogens is 262 g/mol. The second-order valence-corrected chi connectivity index (χ2v) is 4.97. The fourth-order valence-corrected chi connectivity index (χ4v) is 2.20. The van der Waals surface area contributed by atoms with Crippen molar-refractivity contribution < 1.29 is 9.53 Å². The number of benzene rings is 2. The molecule has 2 aromatic carbocycles. The summed E-state index contributed by atoms with van der Waals surface area (Å²) in [7, 11) is 1.63. The van der Waals surface area contributed by atoms with Crippen molar-refractivity contribution in [1.29, 1.82) is 0 Å². The zero-order valence-corrected chi connectivity index (χ0v) is 12.3. The SMILES string of the molecule is COc1cccc(CC(=O)NCCCc2ccccc2)c1. The van der Waals surface area contributed by atoms with E-state index in [0.717, 1.165) is 24.2 Å². The van der Waals surface area contributed by atoms with Crippen LogP contribution in [0.3, 0.4) is 0 Å². The van der Waals surface area contributed by atoms with Gasteiger partial charge in [0.1, 0.15) is 5.75 Å². The molecule has 0 bridgehead atoms. The van der Waals surface area contributed by atoms with Gasteiger partial charge in [-0.3, -0.25) is 4.79 Å². The molecule has 0 heterocycles. The molecule has 3 heteroatoms. The molecule has 0 aliphatic carbocycles. The lowest BCUT2D eigenvalue weighted by Crippen LogP contribution is -2.26. The third kappa shape index (κ3) is 5.30. The van der Waals surface area contributed by atoms with Crippen LogP contribution in [0.2, 0.25) is 0 Å². The summed E-state index contributed by atoms with van der Waals surface area (Å²) < 4.78 is 5.15. The van der Waals surface area contributed by atoms with Crippen molar-refractivity contribution in [3.8, 4) is 5.75 Å². The highest BCUT2D eigenvalue weighted by molar-refractivity contribution is 5.78. The topological polar surface area (TPSA) is 38.3 Å². The highest BCUT2D eigenvalue weighted by Crippen LogP contribution is 2.12. The van der Waals surface area contributed by atoms with E-state index in [0.29, 0.717) is 13.0 Å². The lowest BCUT2D eigenvalue weighted by atomic mass is 10.1. The van der Waals surface area contributed by atoms with Gasteiger partial charge in [0.05, 0.1) is 13.5 Å². The van der Waals surface area contributed by atoms with Gasteiger partial charge < -0.3 is 10.1 Å². The molecule has 110 valence electrons. The van der Waals surface area contributed by atoms with Crippen molar-refractivity contribution in [1.82, 2.24) is 5.32 Å². The highest BCUT2D eigenvalue weighted by Gasteiger charge is 2.03. The molecule has 0 aliphatic rings. The Kier molecular flexibility index (Phi) is 5.83. The molecule has 0 fully saturated rings. The standard InChI is InChI=1S/C18H21NO2/c1-21-17-11-5-9-16(13-17)14-18(20)19-12-6-10-15-7-3-2-4-8-15/h2-5,7-9,11,13H,6,10,12,14H2,1H3,(H,19,20). The Labute approximate surface area is 126 Å². The summed E-state index contributed by atoms with van der Waals surface area (Å²) in [4.78, 5) is 11.9. The molecule has 0 saturated heterocycles. The third-order valence-corrected chi connectivity index (χ3v) is 3.31. The smallest absolute Gasteiger partial charge is 0.224 e. The van der Waals surface area contributed by atoms with Gasteiger partial charge in [-0.1, -0.05) is 42.5 Å². The summed E-state index contributed by atoms with van der Waals surface area (Å²) in [5, 5.41) is 2.96. The summed E-state index contributed by atoms with van der Waals surface area (Å²) in [6, 6.07) is 17.9. The molecular formula is C18H21NO2. The molecule has 0 aliphatic heterocycles. The van der Waals surface area contributed by atoms with Crippen molar-refractivity contribution in [3.63, 3.8) is 0 Å². The Bertz CT molecular complexity index is 566. The maximum atomic E-state index is 11.9. The van der Waals surface area contributed by atoms with E-state index >= 15 is 0 Å². The van der Waals surface area contributed by atoms with Gasteiger partial charge in [-0.2, -0.15) is 0 Å².